The molecule has 0 saturated heterocycles. The standard InChI is InChI=1S/C17H25N/c1-13-9-10-14(11-13)12-18-17-8-4-6-15-5-2-3-7-16(15)17/h2-3,5,7,13-14,17-18H,4,6,8-12H2,1H3. The quantitative estimate of drug-likeness (QED) is 0.843. The van der Waals surface area contributed by atoms with Crippen molar-refractivity contribution in [2.24, 2.45) is 11.8 Å². The maximum absolute atomic E-state index is 3.84. The first-order chi connectivity index (χ1) is 8.83. The lowest BCUT2D eigenvalue weighted by Crippen LogP contribution is -2.29. The van der Waals surface area contributed by atoms with Gasteiger partial charge in [-0.3, -0.25) is 0 Å². The lowest BCUT2D eigenvalue weighted by atomic mass is 9.87. The molecule has 0 aromatic heterocycles. The van der Waals surface area contributed by atoms with Gasteiger partial charge in [0.05, 0.1) is 0 Å². The molecule has 0 bridgehead atoms. The highest BCUT2D eigenvalue weighted by Crippen LogP contribution is 2.32. The summed E-state index contributed by atoms with van der Waals surface area (Å²) in [6, 6.07) is 9.62. The second-order valence-electron chi connectivity index (χ2n) is 6.34. The Hall–Kier alpha value is -0.820. The van der Waals surface area contributed by atoms with Gasteiger partial charge in [-0.25, -0.2) is 0 Å². The maximum atomic E-state index is 3.84. The third-order valence-electron chi connectivity index (χ3n) is 4.83. The average molecular weight is 243 g/mol. The van der Waals surface area contributed by atoms with Crippen LogP contribution in [0.25, 0.3) is 0 Å². The van der Waals surface area contributed by atoms with Gasteiger partial charge in [0.2, 0.25) is 0 Å². The largest absolute Gasteiger partial charge is 0.310 e. The van der Waals surface area contributed by atoms with E-state index in [-0.39, 0.29) is 0 Å². The molecule has 18 heavy (non-hydrogen) atoms. The van der Waals surface area contributed by atoms with Gasteiger partial charge in [0.1, 0.15) is 0 Å². The molecular formula is C17H25N. The van der Waals surface area contributed by atoms with E-state index in [1.54, 1.807) is 11.1 Å². The first-order valence-corrected chi connectivity index (χ1v) is 7.64. The van der Waals surface area contributed by atoms with Crippen molar-refractivity contribution in [3.63, 3.8) is 0 Å². The van der Waals surface area contributed by atoms with Crippen LogP contribution in [0.3, 0.4) is 0 Å². The van der Waals surface area contributed by atoms with Gasteiger partial charge < -0.3 is 5.32 Å². The third kappa shape index (κ3) is 2.61. The van der Waals surface area contributed by atoms with Gasteiger partial charge in [0.15, 0.2) is 0 Å². The SMILES string of the molecule is CC1CCC(CNC2CCCc3ccccc32)C1. The van der Waals surface area contributed by atoms with Crippen LogP contribution in [-0.4, -0.2) is 6.54 Å². The number of hydrogen-bond donors (Lipinski definition) is 1. The Labute approximate surface area is 111 Å². The second kappa shape index (κ2) is 5.44. The van der Waals surface area contributed by atoms with Crippen LogP contribution in [-0.2, 0) is 6.42 Å². The summed E-state index contributed by atoms with van der Waals surface area (Å²) in [6.07, 6.45) is 8.24. The Balaban J connectivity index is 1.60. The van der Waals surface area contributed by atoms with Crippen LogP contribution >= 0.6 is 0 Å². The van der Waals surface area contributed by atoms with Crippen LogP contribution in [0.15, 0.2) is 24.3 Å². The smallest absolute Gasteiger partial charge is 0.0323 e. The number of nitrogens with one attached hydrogen (secondary N) is 1. The first-order valence-electron chi connectivity index (χ1n) is 7.64. The molecule has 0 heterocycles. The zero-order valence-electron chi connectivity index (χ0n) is 11.5. The Morgan fingerprint density at radius 1 is 1.17 bits per heavy atom. The molecule has 1 N–H and O–H groups in total. The van der Waals surface area contributed by atoms with E-state index in [1.807, 2.05) is 0 Å². The van der Waals surface area contributed by atoms with Crippen molar-refractivity contribution in [1.29, 1.82) is 0 Å². The van der Waals surface area contributed by atoms with Crippen molar-refractivity contribution < 1.29 is 0 Å². The van der Waals surface area contributed by atoms with Gasteiger partial charge in [-0.2, -0.15) is 0 Å². The van der Waals surface area contributed by atoms with Crippen LogP contribution < -0.4 is 5.32 Å². The van der Waals surface area contributed by atoms with Crippen molar-refractivity contribution in [2.45, 2.75) is 51.5 Å². The van der Waals surface area contributed by atoms with E-state index in [4.69, 9.17) is 0 Å². The summed E-state index contributed by atoms with van der Waals surface area (Å²) in [4.78, 5) is 0. The molecule has 1 aromatic carbocycles. The fourth-order valence-corrected chi connectivity index (χ4v) is 3.79. The van der Waals surface area contributed by atoms with Crippen LogP contribution in [0.1, 0.15) is 56.2 Å². The molecule has 0 amide bonds. The van der Waals surface area contributed by atoms with Crippen molar-refractivity contribution >= 4 is 0 Å². The zero-order valence-corrected chi connectivity index (χ0v) is 11.5. The van der Waals surface area contributed by atoms with Crippen molar-refractivity contribution in [3.8, 4) is 0 Å². The molecule has 0 aliphatic heterocycles. The number of aryl methyl sites for hydroxylation is 1. The molecule has 1 aromatic rings. The molecule has 2 aliphatic carbocycles. The fraction of sp³-hybridized carbons (Fsp3) is 0.647. The second-order valence-corrected chi connectivity index (χ2v) is 6.34. The molecule has 1 saturated carbocycles. The van der Waals surface area contributed by atoms with Crippen molar-refractivity contribution in [1.82, 2.24) is 5.32 Å². The Bertz CT molecular complexity index is 398. The molecular weight excluding hydrogens is 218 g/mol. The number of fused-ring (bicyclic) bond motifs is 1. The van der Waals surface area contributed by atoms with Gasteiger partial charge in [-0.05, 0) is 61.6 Å². The Kier molecular flexibility index (Phi) is 3.69. The van der Waals surface area contributed by atoms with Gasteiger partial charge in [0, 0.05) is 6.04 Å². The summed E-state index contributed by atoms with van der Waals surface area (Å²) >= 11 is 0. The normalized spacial score (nSPS) is 31.3. The van der Waals surface area contributed by atoms with E-state index in [2.05, 4.69) is 36.5 Å². The molecule has 0 radical (unpaired) electrons. The van der Waals surface area contributed by atoms with E-state index >= 15 is 0 Å². The minimum absolute atomic E-state index is 0.617. The predicted octanol–water partition coefficient (Wildman–Crippen LogP) is 4.09. The summed E-state index contributed by atoms with van der Waals surface area (Å²) in [5.74, 6) is 1.88. The molecule has 3 unspecified atom stereocenters. The highest BCUT2D eigenvalue weighted by Gasteiger charge is 2.24. The highest BCUT2D eigenvalue weighted by molar-refractivity contribution is 5.32. The maximum Gasteiger partial charge on any atom is 0.0323 e. The van der Waals surface area contributed by atoms with Crippen LogP contribution in [0.4, 0.5) is 0 Å². The van der Waals surface area contributed by atoms with Crippen molar-refractivity contribution in [2.75, 3.05) is 6.54 Å². The average Bonchev–Trinajstić information content (AvgIpc) is 2.82. The van der Waals surface area contributed by atoms with Gasteiger partial charge >= 0.3 is 0 Å². The molecule has 3 atom stereocenters. The van der Waals surface area contributed by atoms with Gasteiger partial charge in [0.25, 0.3) is 0 Å². The van der Waals surface area contributed by atoms with E-state index in [0.29, 0.717) is 6.04 Å². The molecule has 98 valence electrons. The lowest BCUT2D eigenvalue weighted by Gasteiger charge is -2.27. The molecule has 2 aliphatic rings. The fourth-order valence-electron chi connectivity index (χ4n) is 3.79. The zero-order chi connectivity index (χ0) is 12.4. The minimum Gasteiger partial charge on any atom is -0.310 e. The predicted molar refractivity (Wildman–Crippen MR) is 76.6 cm³/mol. The first kappa shape index (κ1) is 12.2. The van der Waals surface area contributed by atoms with Gasteiger partial charge in [-0.15, -0.1) is 0 Å². The molecule has 1 heteroatoms. The van der Waals surface area contributed by atoms with E-state index < -0.39 is 0 Å². The summed E-state index contributed by atoms with van der Waals surface area (Å²) in [5.41, 5.74) is 3.14. The van der Waals surface area contributed by atoms with E-state index in [9.17, 15) is 0 Å². The van der Waals surface area contributed by atoms with Crippen molar-refractivity contribution in [3.05, 3.63) is 35.4 Å². The van der Waals surface area contributed by atoms with E-state index in [0.717, 1.165) is 11.8 Å². The monoisotopic (exact) mass is 243 g/mol. The molecule has 0 spiro atoms. The number of hydrogen-bond acceptors (Lipinski definition) is 1. The van der Waals surface area contributed by atoms with Gasteiger partial charge in [-0.1, -0.05) is 37.6 Å². The topological polar surface area (TPSA) is 12.0 Å². The van der Waals surface area contributed by atoms with Crippen LogP contribution in [0.5, 0.6) is 0 Å². The minimum atomic E-state index is 0.617. The lowest BCUT2D eigenvalue weighted by molar-refractivity contribution is 0.398. The summed E-state index contributed by atoms with van der Waals surface area (Å²) in [6.45, 7) is 3.62. The molecule has 1 fully saturated rings. The summed E-state index contributed by atoms with van der Waals surface area (Å²) < 4.78 is 0. The molecule has 3 rings (SSSR count). The highest BCUT2D eigenvalue weighted by atomic mass is 14.9. The Morgan fingerprint density at radius 2 is 2.06 bits per heavy atom. The third-order valence-corrected chi connectivity index (χ3v) is 4.83. The van der Waals surface area contributed by atoms with Crippen LogP contribution in [0, 0.1) is 11.8 Å². The summed E-state index contributed by atoms with van der Waals surface area (Å²) in [7, 11) is 0. The number of rotatable bonds is 3. The number of benzene rings is 1. The Morgan fingerprint density at radius 3 is 2.89 bits per heavy atom. The van der Waals surface area contributed by atoms with E-state index in [1.165, 1.54) is 45.1 Å². The molecule has 1 nitrogen and oxygen atoms in total. The van der Waals surface area contributed by atoms with Crippen LogP contribution in [0.2, 0.25) is 0 Å². The summed E-state index contributed by atoms with van der Waals surface area (Å²) in [5, 5.41) is 3.84.